The van der Waals surface area contributed by atoms with Crippen LogP contribution in [0.25, 0.3) is 0 Å². The maximum Gasteiger partial charge on any atom is 0.309 e. The summed E-state index contributed by atoms with van der Waals surface area (Å²) in [7, 11) is -4.26. The van der Waals surface area contributed by atoms with Crippen LogP contribution in [-0.4, -0.2) is 37.3 Å². The Kier molecular flexibility index (Phi) is 9.75. The number of carbonyl (C=O) groups excluding carboxylic acids is 1. The number of ether oxygens (including phenoxy) is 1. The Morgan fingerprint density at radius 2 is 1.48 bits per heavy atom. The van der Waals surface area contributed by atoms with Gasteiger partial charge < -0.3 is 9.84 Å². The summed E-state index contributed by atoms with van der Waals surface area (Å²) in [6.07, 6.45) is 1.47. The number of rotatable bonds is 11. The third-order valence-corrected chi connectivity index (χ3v) is 8.05. The van der Waals surface area contributed by atoms with E-state index in [0.717, 1.165) is 12.0 Å². The number of aliphatic hydroxyl groups excluding tert-OH is 1. The van der Waals surface area contributed by atoms with Crippen LogP contribution in [0.2, 0.25) is 0 Å². The molecule has 190 valence electrons. The lowest BCUT2D eigenvalue weighted by Gasteiger charge is -2.50. The SMILES string of the molecule is CC(C)C(CC(C)(C)C(C)(C)[C@H](CC(C)(C)C)c1ccc(S(=O)(=O)O)cc1)C(=O)OCCO. The number of esters is 1. The van der Waals surface area contributed by atoms with Crippen molar-refractivity contribution in [2.45, 2.75) is 86.0 Å². The fraction of sp³-hybridized carbons (Fsp3) is 0.731. The van der Waals surface area contributed by atoms with Crippen LogP contribution < -0.4 is 0 Å². The molecule has 33 heavy (non-hydrogen) atoms. The molecule has 0 amide bonds. The van der Waals surface area contributed by atoms with Crippen molar-refractivity contribution in [1.29, 1.82) is 0 Å². The molecular weight excluding hydrogens is 440 g/mol. The van der Waals surface area contributed by atoms with Gasteiger partial charge in [-0.25, -0.2) is 0 Å². The maximum atomic E-state index is 12.7. The minimum Gasteiger partial charge on any atom is -0.463 e. The molecule has 0 saturated carbocycles. The Balaban J connectivity index is 3.41. The van der Waals surface area contributed by atoms with Gasteiger partial charge in [-0.2, -0.15) is 8.42 Å². The van der Waals surface area contributed by atoms with Crippen LogP contribution >= 0.6 is 0 Å². The summed E-state index contributed by atoms with van der Waals surface area (Å²) in [5, 5.41) is 9.04. The van der Waals surface area contributed by atoms with Crippen molar-refractivity contribution in [3.8, 4) is 0 Å². The van der Waals surface area contributed by atoms with Gasteiger partial charge in [0.2, 0.25) is 0 Å². The van der Waals surface area contributed by atoms with Gasteiger partial charge in [-0.15, -0.1) is 0 Å². The molecule has 0 aliphatic carbocycles. The fourth-order valence-corrected chi connectivity index (χ4v) is 4.88. The minimum atomic E-state index is -4.26. The summed E-state index contributed by atoms with van der Waals surface area (Å²) < 4.78 is 37.7. The van der Waals surface area contributed by atoms with E-state index in [1.54, 1.807) is 12.1 Å². The van der Waals surface area contributed by atoms with Crippen molar-refractivity contribution in [1.82, 2.24) is 0 Å². The number of carbonyl (C=O) groups is 1. The third-order valence-electron chi connectivity index (χ3n) is 7.19. The molecule has 7 heteroatoms. The standard InChI is InChI=1S/C26H44O6S/c1-18(2)21(23(28)32-15-14-27)16-25(6,7)26(8,9)22(17-24(3,4)5)19-10-12-20(13-11-19)33(29,30)31/h10-13,18,21-22,27H,14-17H2,1-9H3,(H,29,30,31)/t21?,22-/m1/s1. The summed E-state index contributed by atoms with van der Waals surface area (Å²) in [5.41, 5.74) is 0.457. The van der Waals surface area contributed by atoms with Crippen LogP contribution in [0.15, 0.2) is 29.2 Å². The van der Waals surface area contributed by atoms with Crippen molar-refractivity contribution < 1.29 is 27.6 Å². The van der Waals surface area contributed by atoms with E-state index in [0.29, 0.717) is 6.42 Å². The minimum absolute atomic E-state index is 0.00135. The van der Waals surface area contributed by atoms with E-state index in [1.807, 2.05) is 13.8 Å². The zero-order chi connectivity index (χ0) is 25.8. The summed E-state index contributed by atoms with van der Waals surface area (Å²) in [6, 6.07) is 6.47. The van der Waals surface area contributed by atoms with E-state index in [4.69, 9.17) is 9.84 Å². The molecule has 0 aromatic heterocycles. The summed E-state index contributed by atoms with van der Waals surface area (Å²) in [4.78, 5) is 12.6. The average molecular weight is 485 g/mol. The predicted octanol–water partition coefficient (Wildman–Crippen LogP) is 5.70. The molecule has 0 aliphatic heterocycles. The molecule has 1 aromatic carbocycles. The monoisotopic (exact) mass is 484 g/mol. The number of aliphatic hydroxyl groups is 1. The van der Waals surface area contributed by atoms with Crippen LogP contribution in [0, 0.1) is 28.1 Å². The van der Waals surface area contributed by atoms with E-state index >= 15 is 0 Å². The van der Waals surface area contributed by atoms with E-state index in [2.05, 4.69) is 48.5 Å². The molecule has 0 aliphatic rings. The lowest BCUT2D eigenvalue weighted by Crippen LogP contribution is -2.42. The molecule has 0 radical (unpaired) electrons. The highest BCUT2D eigenvalue weighted by Gasteiger charge is 2.47. The smallest absolute Gasteiger partial charge is 0.309 e. The molecular formula is C26H44O6S. The van der Waals surface area contributed by atoms with Gasteiger partial charge in [0.1, 0.15) is 6.61 Å². The Hall–Kier alpha value is -1.44. The lowest BCUT2D eigenvalue weighted by atomic mass is 9.54. The molecule has 0 heterocycles. The number of benzene rings is 1. The molecule has 0 spiro atoms. The van der Waals surface area contributed by atoms with E-state index in [-0.39, 0.29) is 58.1 Å². The summed E-state index contributed by atoms with van der Waals surface area (Å²) in [6.45, 7) is 19.1. The Bertz CT molecular complexity index is 876. The Morgan fingerprint density at radius 3 is 1.88 bits per heavy atom. The fourth-order valence-electron chi connectivity index (χ4n) is 4.40. The van der Waals surface area contributed by atoms with Crippen molar-refractivity contribution in [3.63, 3.8) is 0 Å². The predicted molar refractivity (Wildman–Crippen MR) is 132 cm³/mol. The molecule has 0 fully saturated rings. The van der Waals surface area contributed by atoms with E-state index < -0.39 is 10.1 Å². The second-order valence-electron chi connectivity index (χ2n) is 11.9. The van der Waals surface area contributed by atoms with Gasteiger partial charge in [-0.05, 0) is 58.6 Å². The highest BCUT2D eigenvalue weighted by molar-refractivity contribution is 7.85. The molecule has 2 atom stereocenters. The maximum absolute atomic E-state index is 12.7. The summed E-state index contributed by atoms with van der Waals surface area (Å²) >= 11 is 0. The summed E-state index contributed by atoms with van der Waals surface area (Å²) in [5.74, 6) is -0.429. The van der Waals surface area contributed by atoms with Crippen LogP contribution in [0.5, 0.6) is 0 Å². The van der Waals surface area contributed by atoms with Gasteiger partial charge in [0.05, 0.1) is 17.4 Å². The zero-order valence-corrected chi connectivity index (χ0v) is 22.6. The largest absolute Gasteiger partial charge is 0.463 e. The third kappa shape index (κ3) is 8.08. The van der Waals surface area contributed by atoms with Crippen LogP contribution in [-0.2, 0) is 19.6 Å². The van der Waals surface area contributed by atoms with Gasteiger partial charge >= 0.3 is 5.97 Å². The molecule has 6 nitrogen and oxygen atoms in total. The van der Waals surface area contributed by atoms with Crippen molar-refractivity contribution in [2.75, 3.05) is 13.2 Å². The van der Waals surface area contributed by atoms with Crippen LogP contribution in [0.3, 0.4) is 0 Å². The zero-order valence-electron chi connectivity index (χ0n) is 21.8. The van der Waals surface area contributed by atoms with Gasteiger partial charge in [0.15, 0.2) is 0 Å². The number of hydrogen-bond acceptors (Lipinski definition) is 5. The molecule has 2 N–H and O–H groups in total. The molecule has 1 rings (SSSR count). The van der Waals surface area contributed by atoms with Gasteiger partial charge in [-0.3, -0.25) is 9.35 Å². The molecule has 1 unspecified atom stereocenters. The molecule has 1 aromatic rings. The first-order chi connectivity index (χ1) is 14.8. The van der Waals surface area contributed by atoms with E-state index in [9.17, 15) is 17.8 Å². The van der Waals surface area contributed by atoms with Crippen molar-refractivity contribution >= 4 is 16.1 Å². The van der Waals surface area contributed by atoms with E-state index in [1.165, 1.54) is 12.1 Å². The van der Waals surface area contributed by atoms with Crippen molar-refractivity contribution in [3.05, 3.63) is 29.8 Å². The second kappa shape index (κ2) is 10.9. The van der Waals surface area contributed by atoms with Crippen LogP contribution in [0.4, 0.5) is 0 Å². The Morgan fingerprint density at radius 1 is 0.970 bits per heavy atom. The topological polar surface area (TPSA) is 101 Å². The van der Waals surface area contributed by atoms with Gasteiger partial charge in [0, 0.05) is 0 Å². The molecule has 0 saturated heterocycles. The van der Waals surface area contributed by atoms with Crippen molar-refractivity contribution in [2.24, 2.45) is 28.1 Å². The molecule has 0 bridgehead atoms. The lowest BCUT2D eigenvalue weighted by molar-refractivity contribution is -0.153. The second-order valence-corrected chi connectivity index (χ2v) is 13.3. The van der Waals surface area contributed by atoms with Gasteiger partial charge in [-0.1, -0.05) is 74.4 Å². The van der Waals surface area contributed by atoms with Gasteiger partial charge in [0.25, 0.3) is 10.1 Å². The first kappa shape index (κ1) is 29.6. The Labute approximate surface area is 200 Å². The highest BCUT2D eigenvalue weighted by Crippen LogP contribution is 2.55. The average Bonchev–Trinajstić information content (AvgIpc) is 2.66. The normalized spacial score (nSPS) is 15.4. The number of hydrogen-bond donors (Lipinski definition) is 2. The van der Waals surface area contributed by atoms with Crippen LogP contribution in [0.1, 0.15) is 86.6 Å². The first-order valence-electron chi connectivity index (χ1n) is 11.7. The highest BCUT2D eigenvalue weighted by atomic mass is 32.2. The first-order valence-corrected chi connectivity index (χ1v) is 13.1. The quantitative estimate of drug-likeness (QED) is 0.308.